The van der Waals surface area contributed by atoms with E-state index in [4.69, 9.17) is 0 Å². The molecular weight excluding hydrogens is 400 g/mol. The van der Waals surface area contributed by atoms with Crippen molar-refractivity contribution >= 4 is 34.0 Å². The molecule has 0 radical (unpaired) electrons. The third-order valence-electron chi connectivity index (χ3n) is 5.83. The van der Waals surface area contributed by atoms with Gasteiger partial charge in [-0.25, -0.2) is 0 Å². The maximum atomic E-state index is 10.3. The standard InChI is InChI=1S/C26H24N4O2/c31-25-11-9-19-5-1-3-7-21(19)23(25)17-27-29-13-15-30(16-14-29)28-18-24-22-8-4-2-6-20(22)10-12-26(24)32/h1-12,17-18,31-32H,13-16H2/b27-17-,28-18-. The first-order valence-corrected chi connectivity index (χ1v) is 10.7. The van der Waals surface area contributed by atoms with Crippen LogP contribution in [0.1, 0.15) is 11.1 Å². The van der Waals surface area contributed by atoms with Crippen molar-refractivity contribution in [3.63, 3.8) is 0 Å². The van der Waals surface area contributed by atoms with Crippen molar-refractivity contribution in [3.05, 3.63) is 83.9 Å². The second-order valence-corrected chi connectivity index (χ2v) is 7.84. The van der Waals surface area contributed by atoms with Gasteiger partial charge in [0.1, 0.15) is 11.5 Å². The van der Waals surface area contributed by atoms with E-state index >= 15 is 0 Å². The topological polar surface area (TPSA) is 71.7 Å². The fraction of sp³-hybridized carbons (Fsp3) is 0.154. The number of hydrazone groups is 2. The molecule has 0 amide bonds. The lowest BCUT2D eigenvalue weighted by atomic mass is 10.0. The van der Waals surface area contributed by atoms with Crippen molar-refractivity contribution in [2.45, 2.75) is 0 Å². The van der Waals surface area contributed by atoms with Crippen LogP contribution in [0.3, 0.4) is 0 Å². The van der Waals surface area contributed by atoms with Gasteiger partial charge in [0.05, 0.1) is 38.6 Å². The Hall–Kier alpha value is -4.06. The molecule has 0 bridgehead atoms. The van der Waals surface area contributed by atoms with Crippen LogP contribution in [0.5, 0.6) is 11.5 Å². The predicted octanol–water partition coefficient (Wildman–Crippen LogP) is 4.39. The first kappa shape index (κ1) is 19.9. The molecule has 4 aromatic carbocycles. The van der Waals surface area contributed by atoms with Crippen molar-refractivity contribution in [3.8, 4) is 11.5 Å². The number of piperazine rings is 1. The summed E-state index contributed by atoms with van der Waals surface area (Å²) in [5.74, 6) is 0.455. The summed E-state index contributed by atoms with van der Waals surface area (Å²) < 4.78 is 0. The van der Waals surface area contributed by atoms with E-state index in [0.29, 0.717) is 0 Å². The molecule has 160 valence electrons. The van der Waals surface area contributed by atoms with Crippen LogP contribution in [0.15, 0.2) is 83.0 Å². The van der Waals surface area contributed by atoms with Crippen molar-refractivity contribution in [1.82, 2.24) is 10.0 Å². The Morgan fingerprint density at radius 3 is 1.41 bits per heavy atom. The van der Waals surface area contributed by atoms with Crippen LogP contribution < -0.4 is 0 Å². The van der Waals surface area contributed by atoms with E-state index in [9.17, 15) is 10.2 Å². The van der Waals surface area contributed by atoms with Crippen molar-refractivity contribution in [1.29, 1.82) is 0 Å². The maximum absolute atomic E-state index is 10.3. The molecule has 32 heavy (non-hydrogen) atoms. The fourth-order valence-electron chi connectivity index (χ4n) is 4.03. The SMILES string of the molecule is Oc1ccc2ccccc2c1/C=N\N1CCN(/N=C\c2c(O)ccc3ccccc23)CC1. The number of aromatic hydroxyl groups is 2. The summed E-state index contributed by atoms with van der Waals surface area (Å²) in [5, 5.41) is 37.9. The quantitative estimate of drug-likeness (QED) is 0.477. The largest absolute Gasteiger partial charge is 0.507 e. The zero-order chi connectivity index (χ0) is 21.9. The van der Waals surface area contributed by atoms with Crippen LogP contribution in [0.2, 0.25) is 0 Å². The molecule has 5 rings (SSSR count). The highest BCUT2D eigenvalue weighted by Crippen LogP contribution is 2.26. The molecule has 0 saturated carbocycles. The zero-order valence-corrected chi connectivity index (χ0v) is 17.6. The molecule has 1 heterocycles. The molecule has 0 spiro atoms. The molecule has 0 atom stereocenters. The summed E-state index contributed by atoms with van der Waals surface area (Å²) in [6.45, 7) is 2.89. The number of rotatable bonds is 4. The lowest BCUT2D eigenvalue weighted by Gasteiger charge is -2.31. The van der Waals surface area contributed by atoms with Gasteiger partial charge in [0.25, 0.3) is 0 Å². The molecule has 0 aromatic heterocycles. The van der Waals surface area contributed by atoms with E-state index in [-0.39, 0.29) is 11.5 Å². The second-order valence-electron chi connectivity index (χ2n) is 7.84. The smallest absolute Gasteiger partial charge is 0.125 e. The highest BCUT2D eigenvalue weighted by atomic mass is 16.3. The zero-order valence-electron chi connectivity index (χ0n) is 17.6. The Bertz CT molecular complexity index is 1220. The number of fused-ring (bicyclic) bond motifs is 2. The minimum Gasteiger partial charge on any atom is -0.507 e. The first-order chi connectivity index (χ1) is 15.7. The average Bonchev–Trinajstić information content (AvgIpc) is 2.83. The van der Waals surface area contributed by atoms with Gasteiger partial charge in [-0.05, 0) is 33.7 Å². The first-order valence-electron chi connectivity index (χ1n) is 10.7. The lowest BCUT2D eigenvalue weighted by Crippen LogP contribution is -2.41. The van der Waals surface area contributed by atoms with E-state index in [1.165, 1.54) is 0 Å². The van der Waals surface area contributed by atoms with Crippen LogP contribution in [0, 0.1) is 0 Å². The molecule has 1 fully saturated rings. The molecule has 0 aliphatic carbocycles. The van der Waals surface area contributed by atoms with E-state index in [1.54, 1.807) is 24.6 Å². The molecular formula is C26H24N4O2. The molecule has 1 aliphatic rings. The Morgan fingerprint density at radius 2 is 0.969 bits per heavy atom. The van der Waals surface area contributed by atoms with Crippen molar-refractivity contribution < 1.29 is 10.2 Å². The third kappa shape index (κ3) is 3.95. The average molecular weight is 425 g/mol. The summed E-state index contributed by atoms with van der Waals surface area (Å²) in [6.07, 6.45) is 3.48. The lowest BCUT2D eigenvalue weighted by molar-refractivity contribution is 0.141. The van der Waals surface area contributed by atoms with Gasteiger partial charge in [0.15, 0.2) is 0 Å². The number of hydrogen-bond donors (Lipinski definition) is 2. The number of benzene rings is 4. The molecule has 2 N–H and O–H groups in total. The third-order valence-corrected chi connectivity index (χ3v) is 5.83. The Morgan fingerprint density at radius 1 is 0.562 bits per heavy atom. The summed E-state index contributed by atoms with van der Waals surface area (Å²) in [7, 11) is 0. The van der Waals surface area contributed by atoms with Crippen molar-refractivity contribution in [2.75, 3.05) is 26.2 Å². The van der Waals surface area contributed by atoms with Crippen LogP contribution in [-0.4, -0.2) is 58.8 Å². The molecule has 0 unspecified atom stereocenters. The Kier molecular flexibility index (Phi) is 5.34. The number of hydrogen-bond acceptors (Lipinski definition) is 6. The molecule has 6 heteroatoms. The van der Waals surface area contributed by atoms with Crippen LogP contribution in [0.25, 0.3) is 21.5 Å². The number of phenols is 2. The van der Waals surface area contributed by atoms with E-state index in [0.717, 1.165) is 58.9 Å². The summed E-state index contributed by atoms with van der Waals surface area (Å²) >= 11 is 0. The fourth-order valence-corrected chi connectivity index (χ4v) is 4.03. The van der Waals surface area contributed by atoms with Gasteiger partial charge in [-0.3, -0.25) is 10.0 Å². The summed E-state index contributed by atoms with van der Waals surface area (Å²) in [4.78, 5) is 0. The highest BCUT2D eigenvalue weighted by Gasteiger charge is 2.14. The van der Waals surface area contributed by atoms with Crippen LogP contribution in [0.4, 0.5) is 0 Å². The van der Waals surface area contributed by atoms with Gasteiger partial charge in [0, 0.05) is 11.1 Å². The number of phenolic OH excluding ortho intramolecular Hbond substituents is 2. The van der Waals surface area contributed by atoms with Gasteiger partial charge in [-0.2, -0.15) is 10.2 Å². The van der Waals surface area contributed by atoms with Gasteiger partial charge in [-0.15, -0.1) is 0 Å². The van der Waals surface area contributed by atoms with E-state index in [2.05, 4.69) is 10.2 Å². The van der Waals surface area contributed by atoms with E-state index < -0.39 is 0 Å². The maximum Gasteiger partial charge on any atom is 0.125 e. The summed E-state index contributed by atoms with van der Waals surface area (Å²) in [6, 6.07) is 23.2. The Balaban J connectivity index is 1.27. The molecule has 4 aromatic rings. The molecule has 1 saturated heterocycles. The molecule has 1 aliphatic heterocycles. The highest BCUT2D eigenvalue weighted by molar-refractivity contribution is 6.03. The van der Waals surface area contributed by atoms with Gasteiger partial charge in [-0.1, -0.05) is 60.7 Å². The van der Waals surface area contributed by atoms with Gasteiger partial charge < -0.3 is 10.2 Å². The van der Waals surface area contributed by atoms with Crippen LogP contribution in [-0.2, 0) is 0 Å². The minimum absolute atomic E-state index is 0.227. The van der Waals surface area contributed by atoms with Gasteiger partial charge in [0.2, 0.25) is 0 Å². The molecule has 6 nitrogen and oxygen atoms in total. The minimum atomic E-state index is 0.227. The van der Waals surface area contributed by atoms with Crippen LogP contribution >= 0.6 is 0 Å². The number of nitrogens with zero attached hydrogens (tertiary/aromatic N) is 4. The van der Waals surface area contributed by atoms with Gasteiger partial charge >= 0.3 is 0 Å². The summed E-state index contributed by atoms with van der Waals surface area (Å²) in [5.41, 5.74) is 1.46. The van der Waals surface area contributed by atoms with Crippen molar-refractivity contribution in [2.24, 2.45) is 10.2 Å². The Labute approximate surface area is 186 Å². The second kappa shape index (κ2) is 8.59. The normalized spacial score (nSPS) is 14.9. The monoisotopic (exact) mass is 424 g/mol. The predicted molar refractivity (Wildman–Crippen MR) is 130 cm³/mol. The van der Waals surface area contributed by atoms with E-state index in [1.807, 2.05) is 70.7 Å².